The second-order valence-corrected chi connectivity index (χ2v) is 4.61. The third kappa shape index (κ3) is 4.25. The number of anilines is 1. The van der Waals surface area contributed by atoms with Crippen molar-refractivity contribution in [3.8, 4) is 0 Å². The lowest BCUT2D eigenvalue weighted by Crippen LogP contribution is -2.31. The molecule has 0 radical (unpaired) electrons. The van der Waals surface area contributed by atoms with E-state index in [0.717, 1.165) is 5.56 Å². The lowest BCUT2D eigenvalue weighted by molar-refractivity contribution is -0.121. The number of alkyl halides is 1. The molecule has 0 saturated heterocycles. The Balaban J connectivity index is 2.67. The molecule has 6 heteroatoms. The van der Waals surface area contributed by atoms with Crippen LogP contribution in [0.25, 0.3) is 0 Å². The summed E-state index contributed by atoms with van der Waals surface area (Å²) in [6.45, 7) is 3.47. The van der Waals surface area contributed by atoms with Gasteiger partial charge in [0.1, 0.15) is 5.38 Å². The Morgan fingerprint density at radius 2 is 1.78 bits per heavy atom. The van der Waals surface area contributed by atoms with Gasteiger partial charge in [0, 0.05) is 5.69 Å². The average Bonchev–Trinajstić information content (AvgIpc) is 2.28. The van der Waals surface area contributed by atoms with Crippen LogP contribution in [0.4, 0.5) is 10.5 Å². The zero-order chi connectivity index (χ0) is 13.7. The first-order valence-corrected chi connectivity index (χ1v) is 5.94. The highest BCUT2D eigenvalue weighted by Crippen LogP contribution is 2.16. The number of rotatable bonds is 4. The van der Waals surface area contributed by atoms with Gasteiger partial charge in [-0.1, -0.05) is 12.1 Å². The number of primary amides is 1. The molecule has 98 valence electrons. The van der Waals surface area contributed by atoms with Crippen molar-refractivity contribution in [1.29, 1.82) is 0 Å². The summed E-state index contributed by atoms with van der Waals surface area (Å²) < 4.78 is 0. The first-order chi connectivity index (χ1) is 8.40. The van der Waals surface area contributed by atoms with Gasteiger partial charge < -0.3 is 16.4 Å². The van der Waals surface area contributed by atoms with E-state index in [1.807, 2.05) is 6.92 Å². The molecule has 0 bridgehead atoms. The minimum absolute atomic E-state index is 0.152. The molecule has 2 unspecified atom stereocenters. The Labute approximate surface area is 111 Å². The Morgan fingerprint density at radius 3 is 2.22 bits per heavy atom. The monoisotopic (exact) mass is 269 g/mol. The van der Waals surface area contributed by atoms with E-state index in [2.05, 4.69) is 10.6 Å². The van der Waals surface area contributed by atoms with Crippen LogP contribution in [-0.4, -0.2) is 17.3 Å². The maximum absolute atomic E-state index is 11.4. The number of benzene rings is 1. The summed E-state index contributed by atoms with van der Waals surface area (Å²) in [7, 11) is 0. The number of nitrogens with two attached hydrogens (primary N) is 1. The lowest BCUT2D eigenvalue weighted by Gasteiger charge is -2.15. The van der Waals surface area contributed by atoms with Gasteiger partial charge >= 0.3 is 6.03 Å². The summed E-state index contributed by atoms with van der Waals surface area (Å²) in [6.07, 6.45) is 0. The number of amides is 3. The highest BCUT2D eigenvalue weighted by Gasteiger charge is 2.13. The van der Waals surface area contributed by atoms with Gasteiger partial charge in [-0.2, -0.15) is 0 Å². The lowest BCUT2D eigenvalue weighted by atomic mass is 10.1. The molecule has 2 atom stereocenters. The van der Waals surface area contributed by atoms with Crippen molar-refractivity contribution in [2.45, 2.75) is 25.3 Å². The van der Waals surface area contributed by atoms with Crippen LogP contribution < -0.4 is 16.4 Å². The number of nitrogens with one attached hydrogen (secondary N) is 2. The minimum atomic E-state index is -0.611. The molecule has 0 aromatic heterocycles. The second-order valence-electron chi connectivity index (χ2n) is 3.96. The predicted molar refractivity (Wildman–Crippen MR) is 71.5 cm³/mol. The highest BCUT2D eigenvalue weighted by atomic mass is 35.5. The molecule has 3 amide bonds. The molecule has 1 aromatic rings. The molecule has 5 nitrogen and oxygen atoms in total. The second kappa shape index (κ2) is 6.26. The topological polar surface area (TPSA) is 84.2 Å². The van der Waals surface area contributed by atoms with E-state index in [0.29, 0.717) is 5.69 Å². The van der Waals surface area contributed by atoms with E-state index in [1.165, 1.54) is 0 Å². The molecule has 0 aliphatic carbocycles. The third-order valence-corrected chi connectivity index (χ3v) is 2.60. The molecule has 18 heavy (non-hydrogen) atoms. The van der Waals surface area contributed by atoms with Crippen LogP contribution in [0.2, 0.25) is 0 Å². The smallest absolute Gasteiger partial charge is 0.316 e. The minimum Gasteiger partial charge on any atom is -0.351 e. The zero-order valence-electron chi connectivity index (χ0n) is 10.2. The molecule has 0 spiro atoms. The number of carbonyl (C=O) groups is 2. The maximum Gasteiger partial charge on any atom is 0.316 e. The molecular formula is C12H16ClN3O2. The third-order valence-electron chi connectivity index (χ3n) is 2.40. The van der Waals surface area contributed by atoms with Crippen molar-refractivity contribution in [1.82, 2.24) is 5.32 Å². The van der Waals surface area contributed by atoms with Gasteiger partial charge in [0.25, 0.3) is 0 Å². The van der Waals surface area contributed by atoms with Gasteiger partial charge in [0.05, 0.1) is 6.04 Å². The molecular weight excluding hydrogens is 254 g/mol. The van der Waals surface area contributed by atoms with Crippen molar-refractivity contribution < 1.29 is 9.59 Å². The van der Waals surface area contributed by atoms with Crippen LogP contribution in [0, 0.1) is 0 Å². The van der Waals surface area contributed by atoms with E-state index < -0.39 is 11.4 Å². The summed E-state index contributed by atoms with van der Waals surface area (Å²) >= 11 is 5.67. The number of urea groups is 1. The fourth-order valence-electron chi connectivity index (χ4n) is 1.41. The molecule has 4 N–H and O–H groups in total. The van der Waals surface area contributed by atoms with Crippen LogP contribution in [0.5, 0.6) is 0 Å². The predicted octanol–water partition coefficient (Wildman–Crippen LogP) is 1.98. The summed E-state index contributed by atoms with van der Waals surface area (Å²) in [6, 6.07) is 6.27. The van der Waals surface area contributed by atoms with Crippen LogP contribution in [0.15, 0.2) is 24.3 Å². The standard InChI is InChI=1S/C12H16ClN3O2/c1-7(13)11(17)15-8(2)9-3-5-10(6-4-9)16-12(14)18/h3-8H,1-2H3,(H,15,17)(H3,14,16,18). The molecule has 0 fully saturated rings. The quantitative estimate of drug-likeness (QED) is 0.730. The van der Waals surface area contributed by atoms with Crippen LogP contribution in [0.3, 0.4) is 0 Å². The Bertz CT molecular complexity index is 431. The molecule has 1 rings (SSSR count). The SMILES string of the molecule is CC(Cl)C(=O)NC(C)c1ccc(NC(N)=O)cc1. The normalized spacial score (nSPS) is 13.5. The van der Waals surface area contributed by atoms with Gasteiger partial charge in [-0.15, -0.1) is 11.6 Å². The highest BCUT2D eigenvalue weighted by molar-refractivity contribution is 6.30. The Kier molecular flexibility index (Phi) is 4.97. The number of carbonyl (C=O) groups excluding carboxylic acids is 2. The largest absolute Gasteiger partial charge is 0.351 e. The fourth-order valence-corrected chi connectivity index (χ4v) is 1.47. The first kappa shape index (κ1) is 14.3. The van der Waals surface area contributed by atoms with Gasteiger partial charge in [-0.05, 0) is 31.5 Å². The van der Waals surface area contributed by atoms with Crippen molar-refractivity contribution in [3.05, 3.63) is 29.8 Å². The van der Waals surface area contributed by atoms with Gasteiger partial charge in [-0.3, -0.25) is 4.79 Å². The van der Waals surface area contributed by atoms with E-state index in [1.54, 1.807) is 31.2 Å². The van der Waals surface area contributed by atoms with Gasteiger partial charge in [0.15, 0.2) is 0 Å². The molecule has 1 aromatic carbocycles. The zero-order valence-corrected chi connectivity index (χ0v) is 11.0. The number of halogens is 1. The van der Waals surface area contributed by atoms with Crippen molar-refractivity contribution in [2.75, 3.05) is 5.32 Å². The van der Waals surface area contributed by atoms with Crippen LogP contribution >= 0.6 is 11.6 Å². The average molecular weight is 270 g/mol. The van der Waals surface area contributed by atoms with E-state index >= 15 is 0 Å². The Morgan fingerprint density at radius 1 is 1.22 bits per heavy atom. The summed E-state index contributed by atoms with van der Waals surface area (Å²) in [4.78, 5) is 22.1. The summed E-state index contributed by atoms with van der Waals surface area (Å²) in [5.74, 6) is -0.219. The summed E-state index contributed by atoms with van der Waals surface area (Å²) in [5.41, 5.74) is 6.52. The van der Waals surface area contributed by atoms with Crippen molar-refractivity contribution >= 4 is 29.2 Å². The summed E-state index contributed by atoms with van der Waals surface area (Å²) in [5, 5.41) is 4.67. The van der Waals surface area contributed by atoms with E-state index in [9.17, 15) is 9.59 Å². The van der Waals surface area contributed by atoms with Gasteiger partial charge in [-0.25, -0.2) is 4.79 Å². The van der Waals surface area contributed by atoms with Crippen molar-refractivity contribution in [3.63, 3.8) is 0 Å². The molecule has 0 aliphatic heterocycles. The number of hydrogen-bond donors (Lipinski definition) is 3. The van der Waals surface area contributed by atoms with E-state index in [4.69, 9.17) is 17.3 Å². The first-order valence-electron chi connectivity index (χ1n) is 5.51. The Hall–Kier alpha value is -1.75. The van der Waals surface area contributed by atoms with Gasteiger partial charge in [0.2, 0.25) is 5.91 Å². The fraction of sp³-hybridized carbons (Fsp3) is 0.333. The maximum atomic E-state index is 11.4. The molecule has 0 heterocycles. The number of hydrogen-bond acceptors (Lipinski definition) is 2. The molecule has 0 aliphatic rings. The van der Waals surface area contributed by atoms with Crippen molar-refractivity contribution in [2.24, 2.45) is 5.73 Å². The van der Waals surface area contributed by atoms with E-state index in [-0.39, 0.29) is 11.9 Å². The molecule has 0 saturated carbocycles. The van der Waals surface area contributed by atoms with Crippen LogP contribution in [0.1, 0.15) is 25.5 Å². The van der Waals surface area contributed by atoms with Crippen LogP contribution in [-0.2, 0) is 4.79 Å².